The number of nitrogens with zero attached hydrogens (tertiary/aromatic N) is 1. The van der Waals surface area contributed by atoms with E-state index in [-0.39, 0.29) is 24.4 Å². The molecule has 134 valence electrons. The molecule has 0 spiro atoms. The van der Waals surface area contributed by atoms with Gasteiger partial charge in [0.05, 0.1) is 18.2 Å². The van der Waals surface area contributed by atoms with Crippen LogP contribution in [0.2, 0.25) is 0 Å². The predicted octanol–water partition coefficient (Wildman–Crippen LogP) is 1.55. The van der Waals surface area contributed by atoms with Crippen LogP contribution in [0.5, 0.6) is 5.75 Å². The monoisotopic (exact) mass is 354 g/mol. The summed E-state index contributed by atoms with van der Waals surface area (Å²) in [6.45, 7) is 4.98. The van der Waals surface area contributed by atoms with E-state index in [0.29, 0.717) is 26.0 Å². The topological polar surface area (TPSA) is 75.7 Å². The smallest absolute Gasteiger partial charge is 0.224 e. The molecule has 7 heteroatoms. The highest BCUT2D eigenvalue weighted by molar-refractivity contribution is 7.88. The minimum Gasteiger partial charge on any atom is -0.491 e. The molecule has 1 aliphatic rings. The Balaban J connectivity index is 1.84. The first-order valence-electron chi connectivity index (χ1n) is 8.21. The summed E-state index contributed by atoms with van der Waals surface area (Å²) in [6, 6.07) is 7.58. The maximum absolute atomic E-state index is 12.4. The number of amides is 1. The Morgan fingerprint density at radius 3 is 2.79 bits per heavy atom. The second-order valence-corrected chi connectivity index (χ2v) is 8.43. The van der Waals surface area contributed by atoms with Gasteiger partial charge in [-0.25, -0.2) is 12.7 Å². The Labute approximate surface area is 144 Å². The molecule has 2 atom stereocenters. The first-order valence-corrected chi connectivity index (χ1v) is 10.1. The van der Waals surface area contributed by atoms with Gasteiger partial charge in [0.15, 0.2) is 0 Å². The fraction of sp³-hybridized carbons (Fsp3) is 0.588. The third kappa shape index (κ3) is 5.21. The van der Waals surface area contributed by atoms with Crippen molar-refractivity contribution in [3.05, 3.63) is 29.8 Å². The Morgan fingerprint density at radius 1 is 1.42 bits per heavy atom. The number of ether oxygens (including phenoxy) is 1. The fourth-order valence-electron chi connectivity index (χ4n) is 2.79. The average Bonchev–Trinajstić information content (AvgIpc) is 2.53. The third-order valence-corrected chi connectivity index (χ3v) is 5.46. The molecule has 0 aromatic heterocycles. The van der Waals surface area contributed by atoms with E-state index < -0.39 is 10.0 Å². The zero-order chi connectivity index (χ0) is 17.7. The second-order valence-electron chi connectivity index (χ2n) is 6.45. The van der Waals surface area contributed by atoms with Crippen LogP contribution in [-0.2, 0) is 14.8 Å². The van der Waals surface area contributed by atoms with Crippen LogP contribution >= 0.6 is 0 Å². The van der Waals surface area contributed by atoms with E-state index in [0.717, 1.165) is 11.3 Å². The van der Waals surface area contributed by atoms with Crippen molar-refractivity contribution in [2.24, 2.45) is 5.92 Å². The van der Waals surface area contributed by atoms with Gasteiger partial charge in [0.2, 0.25) is 15.9 Å². The van der Waals surface area contributed by atoms with Crippen molar-refractivity contribution in [3.8, 4) is 5.75 Å². The number of para-hydroxylation sites is 1. The Kier molecular flexibility index (Phi) is 6.23. The molecular formula is C17H26N2O4S. The summed E-state index contributed by atoms with van der Waals surface area (Å²) in [6.07, 6.45) is 2.61. The Morgan fingerprint density at radius 2 is 2.12 bits per heavy atom. The van der Waals surface area contributed by atoms with Crippen LogP contribution in [0.25, 0.3) is 0 Å². The molecule has 2 rings (SSSR count). The van der Waals surface area contributed by atoms with Crippen molar-refractivity contribution < 1.29 is 17.9 Å². The number of benzene rings is 1. The Bertz CT molecular complexity index is 675. The van der Waals surface area contributed by atoms with Crippen molar-refractivity contribution in [1.82, 2.24) is 9.62 Å². The Hall–Kier alpha value is -1.60. The largest absolute Gasteiger partial charge is 0.491 e. The molecule has 1 aliphatic heterocycles. The van der Waals surface area contributed by atoms with Crippen molar-refractivity contribution in [1.29, 1.82) is 0 Å². The van der Waals surface area contributed by atoms with E-state index in [2.05, 4.69) is 5.32 Å². The van der Waals surface area contributed by atoms with Gasteiger partial charge in [-0.1, -0.05) is 18.2 Å². The maximum atomic E-state index is 12.4. The van der Waals surface area contributed by atoms with Crippen LogP contribution in [0, 0.1) is 12.8 Å². The van der Waals surface area contributed by atoms with Gasteiger partial charge in [0, 0.05) is 13.1 Å². The van der Waals surface area contributed by atoms with Gasteiger partial charge in [-0.3, -0.25) is 4.79 Å². The van der Waals surface area contributed by atoms with Crippen LogP contribution in [0.15, 0.2) is 24.3 Å². The van der Waals surface area contributed by atoms with E-state index >= 15 is 0 Å². The number of nitrogens with one attached hydrogen (secondary N) is 1. The van der Waals surface area contributed by atoms with Crippen LogP contribution in [0.3, 0.4) is 0 Å². The second kappa shape index (κ2) is 7.98. The zero-order valence-electron chi connectivity index (χ0n) is 14.5. The molecule has 1 fully saturated rings. The van der Waals surface area contributed by atoms with Gasteiger partial charge in [0.1, 0.15) is 12.4 Å². The van der Waals surface area contributed by atoms with E-state index in [1.54, 1.807) is 0 Å². The highest BCUT2D eigenvalue weighted by atomic mass is 32.2. The number of hydrogen-bond donors (Lipinski definition) is 1. The number of piperidine rings is 1. The molecule has 1 aromatic carbocycles. The first-order chi connectivity index (χ1) is 11.3. The molecule has 6 nitrogen and oxygen atoms in total. The van der Waals surface area contributed by atoms with Crippen LogP contribution in [0.1, 0.15) is 25.3 Å². The summed E-state index contributed by atoms with van der Waals surface area (Å²) in [4.78, 5) is 12.4. The number of carbonyl (C=O) groups excluding carboxylic acids is 1. The molecule has 0 radical (unpaired) electrons. The zero-order valence-corrected chi connectivity index (χ0v) is 15.3. The number of sulfonamides is 1. The molecule has 1 saturated heterocycles. The van der Waals surface area contributed by atoms with Gasteiger partial charge >= 0.3 is 0 Å². The first kappa shape index (κ1) is 18.7. The summed E-state index contributed by atoms with van der Waals surface area (Å²) in [5.74, 6) is 0.401. The van der Waals surface area contributed by atoms with Crippen molar-refractivity contribution in [3.63, 3.8) is 0 Å². The maximum Gasteiger partial charge on any atom is 0.224 e. The van der Waals surface area contributed by atoms with E-state index in [1.807, 2.05) is 38.1 Å². The van der Waals surface area contributed by atoms with E-state index in [9.17, 15) is 13.2 Å². The summed E-state index contributed by atoms with van der Waals surface area (Å²) < 4.78 is 30.4. The van der Waals surface area contributed by atoms with Crippen molar-refractivity contribution >= 4 is 15.9 Å². The van der Waals surface area contributed by atoms with Crippen LogP contribution in [0.4, 0.5) is 0 Å². The highest BCUT2D eigenvalue weighted by Crippen LogP contribution is 2.19. The van der Waals surface area contributed by atoms with Gasteiger partial charge < -0.3 is 10.1 Å². The fourth-order valence-corrected chi connectivity index (χ4v) is 3.70. The number of rotatable bonds is 6. The third-order valence-electron chi connectivity index (χ3n) is 4.20. The van der Waals surface area contributed by atoms with Crippen molar-refractivity contribution in [2.75, 3.05) is 26.0 Å². The summed E-state index contributed by atoms with van der Waals surface area (Å²) >= 11 is 0. The van der Waals surface area contributed by atoms with Crippen LogP contribution in [-0.4, -0.2) is 50.6 Å². The summed E-state index contributed by atoms with van der Waals surface area (Å²) in [5.41, 5.74) is 1.05. The number of hydrogen-bond acceptors (Lipinski definition) is 4. The molecule has 24 heavy (non-hydrogen) atoms. The minimum atomic E-state index is -3.24. The molecule has 2 unspecified atom stereocenters. The lowest BCUT2D eigenvalue weighted by molar-refractivity contribution is -0.126. The standard InChI is InChI=1S/C17H26N2O4S/c1-13-7-4-5-9-16(13)23-12-14(2)18-17(20)15-8-6-10-19(11-15)24(3,21)22/h4-5,7,9,14-15H,6,8,10-12H2,1-3H3,(H,18,20). The quantitative estimate of drug-likeness (QED) is 0.841. The lowest BCUT2D eigenvalue weighted by Crippen LogP contribution is -2.47. The summed E-state index contributed by atoms with van der Waals surface area (Å²) in [7, 11) is -3.24. The molecule has 1 aromatic rings. The molecule has 1 amide bonds. The molecule has 1 N–H and O–H groups in total. The molecular weight excluding hydrogens is 328 g/mol. The molecule has 0 saturated carbocycles. The SMILES string of the molecule is Cc1ccccc1OCC(C)NC(=O)C1CCCN(S(C)(=O)=O)C1. The summed E-state index contributed by atoms with van der Waals surface area (Å²) in [5, 5.41) is 2.93. The van der Waals surface area contributed by atoms with Gasteiger partial charge in [0.25, 0.3) is 0 Å². The number of carbonyl (C=O) groups is 1. The lowest BCUT2D eigenvalue weighted by Gasteiger charge is -2.30. The molecule has 1 heterocycles. The van der Waals surface area contributed by atoms with Crippen molar-refractivity contribution in [2.45, 2.75) is 32.7 Å². The van der Waals surface area contributed by atoms with E-state index in [4.69, 9.17) is 4.74 Å². The lowest BCUT2D eigenvalue weighted by atomic mass is 9.98. The van der Waals surface area contributed by atoms with Crippen LogP contribution < -0.4 is 10.1 Å². The van der Waals surface area contributed by atoms with Gasteiger partial charge in [-0.2, -0.15) is 0 Å². The molecule has 0 bridgehead atoms. The van der Waals surface area contributed by atoms with Gasteiger partial charge in [-0.15, -0.1) is 0 Å². The normalized spacial score (nSPS) is 20.4. The number of aryl methyl sites for hydroxylation is 1. The van der Waals surface area contributed by atoms with E-state index in [1.165, 1.54) is 10.6 Å². The molecule has 0 aliphatic carbocycles. The minimum absolute atomic E-state index is 0.107. The highest BCUT2D eigenvalue weighted by Gasteiger charge is 2.30. The van der Waals surface area contributed by atoms with Gasteiger partial charge in [-0.05, 0) is 38.3 Å². The predicted molar refractivity (Wildman–Crippen MR) is 93.4 cm³/mol. The average molecular weight is 354 g/mol.